The number of nitriles is 1. The Hall–Kier alpha value is -4.55. The molecule has 1 saturated heterocycles. The Kier molecular flexibility index (Phi) is 5.87. The standard InChI is InChI=1S/C28H27N9/c1-20-4-3-5-24(33-20)19-35-8-10-36(11-9-35)27-7-6-21(15-30-27)26-12-22(23-16-32-34(2)18-23)13-28-31-17-25(14-29)37(26)28/h3-7,12-13,15-18H,8-11,19H2,1-2H3. The van der Waals surface area contributed by atoms with Crippen molar-refractivity contribution >= 4 is 11.5 Å². The molecule has 0 saturated carbocycles. The molecule has 0 atom stereocenters. The summed E-state index contributed by atoms with van der Waals surface area (Å²) in [5.41, 5.74) is 7.18. The molecular formula is C28H27N9. The van der Waals surface area contributed by atoms with E-state index in [1.807, 2.05) is 49.1 Å². The third-order valence-corrected chi connectivity index (χ3v) is 6.83. The van der Waals surface area contributed by atoms with E-state index in [0.717, 1.165) is 78.0 Å². The number of aromatic nitrogens is 6. The molecule has 37 heavy (non-hydrogen) atoms. The summed E-state index contributed by atoms with van der Waals surface area (Å²) in [6, 6.07) is 16.7. The monoisotopic (exact) mass is 489 g/mol. The molecule has 6 heterocycles. The van der Waals surface area contributed by atoms with E-state index in [0.29, 0.717) is 5.69 Å². The average Bonchev–Trinajstić information content (AvgIpc) is 3.55. The van der Waals surface area contributed by atoms with Crippen LogP contribution >= 0.6 is 0 Å². The molecule has 6 rings (SSSR count). The lowest BCUT2D eigenvalue weighted by Gasteiger charge is -2.35. The SMILES string of the molecule is Cc1cccc(CN2CCN(c3ccc(-c4cc(-c5cnn(C)c5)cc5ncc(C#N)n45)cn3)CC2)n1. The van der Waals surface area contributed by atoms with E-state index in [4.69, 9.17) is 4.98 Å². The largest absolute Gasteiger partial charge is 0.354 e. The number of pyridine rings is 3. The molecule has 0 aliphatic carbocycles. The predicted octanol–water partition coefficient (Wildman–Crippen LogP) is 3.69. The van der Waals surface area contributed by atoms with Crippen LogP contribution in [0.5, 0.6) is 0 Å². The van der Waals surface area contributed by atoms with Gasteiger partial charge in [-0.25, -0.2) is 9.97 Å². The fourth-order valence-electron chi connectivity index (χ4n) is 4.92. The molecule has 184 valence electrons. The highest BCUT2D eigenvalue weighted by Crippen LogP contribution is 2.30. The Balaban J connectivity index is 1.23. The second kappa shape index (κ2) is 9.48. The Morgan fingerprint density at radius 2 is 1.78 bits per heavy atom. The first-order valence-corrected chi connectivity index (χ1v) is 12.3. The molecule has 5 aromatic heterocycles. The Bertz CT molecular complexity index is 1600. The highest BCUT2D eigenvalue weighted by Gasteiger charge is 2.19. The van der Waals surface area contributed by atoms with Crippen LogP contribution in [0.3, 0.4) is 0 Å². The van der Waals surface area contributed by atoms with Gasteiger partial charge < -0.3 is 4.90 Å². The van der Waals surface area contributed by atoms with Gasteiger partial charge in [-0.05, 0) is 48.9 Å². The average molecular weight is 490 g/mol. The Morgan fingerprint density at radius 1 is 0.919 bits per heavy atom. The van der Waals surface area contributed by atoms with Gasteiger partial charge in [0.15, 0.2) is 0 Å². The maximum Gasteiger partial charge on any atom is 0.145 e. The van der Waals surface area contributed by atoms with E-state index >= 15 is 0 Å². The predicted molar refractivity (Wildman–Crippen MR) is 142 cm³/mol. The number of imidazole rings is 1. The first-order chi connectivity index (χ1) is 18.1. The zero-order valence-corrected chi connectivity index (χ0v) is 20.9. The molecule has 9 heteroatoms. The molecule has 0 bridgehead atoms. The topological polar surface area (TPSA) is 91.2 Å². The first kappa shape index (κ1) is 22.9. The Morgan fingerprint density at radius 3 is 2.49 bits per heavy atom. The van der Waals surface area contributed by atoms with E-state index in [9.17, 15) is 5.26 Å². The summed E-state index contributed by atoms with van der Waals surface area (Å²) >= 11 is 0. The zero-order chi connectivity index (χ0) is 25.4. The van der Waals surface area contributed by atoms with Crippen molar-refractivity contribution in [3.05, 3.63) is 84.3 Å². The van der Waals surface area contributed by atoms with E-state index in [2.05, 4.69) is 61.3 Å². The fraction of sp³-hybridized carbons (Fsp3) is 0.250. The van der Waals surface area contributed by atoms with Gasteiger partial charge in [0.25, 0.3) is 0 Å². The highest BCUT2D eigenvalue weighted by molar-refractivity contribution is 5.75. The zero-order valence-electron chi connectivity index (χ0n) is 20.9. The lowest BCUT2D eigenvalue weighted by atomic mass is 10.1. The van der Waals surface area contributed by atoms with Gasteiger partial charge in [-0.2, -0.15) is 10.4 Å². The highest BCUT2D eigenvalue weighted by atomic mass is 15.3. The van der Waals surface area contributed by atoms with E-state index in [-0.39, 0.29) is 0 Å². The summed E-state index contributed by atoms with van der Waals surface area (Å²) in [7, 11) is 1.90. The van der Waals surface area contributed by atoms with Crippen LogP contribution in [0.4, 0.5) is 5.82 Å². The quantitative estimate of drug-likeness (QED) is 0.372. The molecule has 0 amide bonds. The van der Waals surface area contributed by atoms with Gasteiger partial charge in [0, 0.05) is 69.0 Å². The third kappa shape index (κ3) is 4.55. The summed E-state index contributed by atoms with van der Waals surface area (Å²) < 4.78 is 3.66. The second-order valence-electron chi connectivity index (χ2n) is 9.42. The van der Waals surface area contributed by atoms with Crippen LogP contribution in [0.15, 0.2) is 67.3 Å². The van der Waals surface area contributed by atoms with Gasteiger partial charge in [0.05, 0.1) is 23.8 Å². The molecule has 1 fully saturated rings. The molecule has 1 aliphatic rings. The van der Waals surface area contributed by atoms with Crippen LogP contribution < -0.4 is 4.90 Å². The number of piperazine rings is 1. The third-order valence-electron chi connectivity index (χ3n) is 6.83. The van der Waals surface area contributed by atoms with Crippen molar-refractivity contribution in [2.75, 3.05) is 31.1 Å². The molecular weight excluding hydrogens is 462 g/mol. The lowest BCUT2D eigenvalue weighted by molar-refractivity contribution is 0.246. The maximum absolute atomic E-state index is 9.67. The van der Waals surface area contributed by atoms with Crippen molar-refractivity contribution in [3.8, 4) is 28.5 Å². The summed E-state index contributed by atoms with van der Waals surface area (Å²) in [5, 5.41) is 14.0. The van der Waals surface area contributed by atoms with Gasteiger partial charge in [-0.15, -0.1) is 0 Å². The maximum atomic E-state index is 9.67. The van der Waals surface area contributed by atoms with Gasteiger partial charge in [0.2, 0.25) is 0 Å². The number of rotatable bonds is 5. The van der Waals surface area contributed by atoms with Crippen molar-refractivity contribution in [1.82, 2.24) is 34.0 Å². The van der Waals surface area contributed by atoms with Crippen molar-refractivity contribution < 1.29 is 0 Å². The summed E-state index contributed by atoms with van der Waals surface area (Å²) in [5.74, 6) is 0.961. The van der Waals surface area contributed by atoms with Gasteiger partial charge in [-0.3, -0.25) is 19.0 Å². The van der Waals surface area contributed by atoms with Gasteiger partial charge in [-0.1, -0.05) is 6.07 Å². The molecule has 9 nitrogen and oxygen atoms in total. The van der Waals surface area contributed by atoms with Crippen molar-refractivity contribution in [1.29, 1.82) is 5.26 Å². The normalized spacial score (nSPS) is 14.2. The molecule has 0 aromatic carbocycles. The van der Waals surface area contributed by atoms with Gasteiger partial charge >= 0.3 is 0 Å². The van der Waals surface area contributed by atoms with Crippen LogP contribution in [0.2, 0.25) is 0 Å². The second-order valence-corrected chi connectivity index (χ2v) is 9.42. The number of nitrogens with zero attached hydrogens (tertiary/aromatic N) is 9. The molecule has 0 unspecified atom stereocenters. The lowest BCUT2D eigenvalue weighted by Crippen LogP contribution is -2.46. The molecule has 0 N–H and O–H groups in total. The molecule has 1 aliphatic heterocycles. The molecule has 5 aromatic rings. The number of aryl methyl sites for hydroxylation is 2. The smallest absolute Gasteiger partial charge is 0.145 e. The minimum absolute atomic E-state index is 0.492. The van der Waals surface area contributed by atoms with Crippen LogP contribution in [0, 0.1) is 18.3 Å². The summed E-state index contributed by atoms with van der Waals surface area (Å²) in [4.78, 5) is 18.7. The minimum atomic E-state index is 0.492. The number of hydrogen-bond acceptors (Lipinski definition) is 7. The van der Waals surface area contributed by atoms with Gasteiger partial charge in [0.1, 0.15) is 23.2 Å². The first-order valence-electron chi connectivity index (χ1n) is 12.3. The fourth-order valence-corrected chi connectivity index (χ4v) is 4.92. The molecule has 0 spiro atoms. The molecule has 0 radical (unpaired) electrons. The summed E-state index contributed by atoms with van der Waals surface area (Å²) in [6.07, 6.45) is 7.31. The van der Waals surface area contributed by atoms with E-state index in [1.54, 1.807) is 10.9 Å². The number of hydrogen-bond donors (Lipinski definition) is 0. The van der Waals surface area contributed by atoms with E-state index < -0.39 is 0 Å². The van der Waals surface area contributed by atoms with Crippen LogP contribution in [0.25, 0.3) is 28.0 Å². The number of anilines is 1. The van der Waals surface area contributed by atoms with Crippen LogP contribution in [-0.4, -0.2) is 60.2 Å². The van der Waals surface area contributed by atoms with Crippen molar-refractivity contribution in [2.24, 2.45) is 7.05 Å². The van der Waals surface area contributed by atoms with Crippen molar-refractivity contribution in [2.45, 2.75) is 13.5 Å². The Labute approximate surface area is 215 Å². The van der Waals surface area contributed by atoms with E-state index in [1.165, 1.54) is 0 Å². The minimum Gasteiger partial charge on any atom is -0.354 e. The van der Waals surface area contributed by atoms with Crippen LogP contribution in [-0.2, 0) is 13.6 Å². The van der Waals surface area contributed by atoms with Crippen molar-refractivity contribution in [3.63, 3.8) is 0 Å². The number of fused-ring (bicyclic) bond motifs is 1. The van der Waals surface area contributed by atoms with Crippen LogP contribution in [0.1, 0.15) is 17.1 Å². The summed E-state index contributed by atoms with van der Waals surface area (Å²) in [6.45, 7) is 6.67.